The average Bonchev–Trinajstić information content (AvgIpc) is 3.12. The molecule has 0 saturated carbocycles. The van der Waals surface area contributed by atoms with Crippen LogP contribution in [0.4, 0.5) is 15.8 Å². The topological polar surface area (TPSA) is 90.9 Å². The molecule has 2 amide bonds. The van der Waals surface area contributed by atoms with Gasteiger partial charge in [-0.05, 0) is 30.3 Å². The number of anilines is 2. The second kappa shape index (κ2) is 9.33. The number of carbonyl (C=O) groups is 2. The van der Waals surface area contributed by atoms with Gasteiger partial charge in [0.25, 0.3) is 11.8 Å². The van der Waals surface area contributed by atoms with E-state index >= 15 is 0 Å². The van der Waals surface area contributed by atoms with E-state index in [-0.39, 0.29) is 37.2 Å². The number of thiophene rings is 1. The maximum absolute atomic E-state index is 14.4. The van der Waals surface area contributed by atoms with Gasteiger partial charge in [-0.25, -0.2) is 4.39 Å². The number of hydrogen-bond donors (Lipinski definition) is 3. The monoisotopic (exact) mass is 427 g/mol. The molecule has 1 saturated heterocycles. The van der Waals surface area contributed by atoms with Crippen LogP contribution in [0.25, 0.3) is 0 Å². The summed E-state index contributed by atoms with van der Waals surface area (Å²) in [5, 5.41) is 15.5. The Hall–Kier alpha value is -2.20. The van der Waals surface area contributed by atoms with Gasteiger partial charge < -0.3 is 25.4 Å². The highest BCUT2D eigenvalue weighted by molar-refractivity contribution is 7.17. The van der Waals surface area contributed by atoms with Crippen LogP contribution in [0.15, 0.2) is 30.3 Å². The third-order valence-electron chi connectivity index (χ3n) is 4.06. The van der Waals surface area contributed by atoms with Crippen molar-refractivity contribution in [1.29, 1.82) is 0 Å². The Labute approximate surface area is 170 Å². The van der Waals surface area contributed by atoms with Gasteiger partial charge in [0.2, 0.25) is 0 Å². The van der Waals surface area contributed by atoms with Gasteiger partial charge >= 0.3 is 0 Å². The van der Waals surface area contributed by atoms with Crippen LogP contribution in [-0.2, 0) is 9.53 Å². The largest absolute Gasteiger partial charge is 0.389 e. The first-order chi connectivity index (χ1) is 13.4. The fourth-order valence-electron chi connectivity index (χ4n) is 2.65. The van der Waals surface area contributed by atoms with Gasteiger partial charge in [0, 0.05) is 25.3 Å². The van der Waals surface area contributed by atoms with Crippen LogP contribution < -0.4 is 15.5 Å². The van der Waals surface area contributed by atoms with Crippen molar-refractivity contribution in [2.24, 2.45) is 0 Å². The van der Waals surface area contributed by atoms with E-state index in [0.29, 0.717) is 28.1 Å². The molecule has 1 unspecified atom stereocenters. The van der Waals surface area contributed by atoms with E-state index in [1.807, 2.05) is 0 Å². The maximum atomic E-state index is 14.4. The minimum atomic E-state index is -0.872. The number of nitrogens with one attached hydrogen (secondary N) is 2. The smallest absolute Gasteiger partial charge is 0.261 e. The molecule has 0 radical (unpaired) electrons. The molecule has 1 fully saturated rings. The van der Waals surface area contributed by atoms with Crippen LogP contribution >= 0.6 is 22.9 Å². The summed E-state index contributed by atoms with van der Waals surface area (Å²) in [6.45, 7) is 0.747. The SMILES string of the molecule is O=C(NCC(O)CNc1ccc(N2CCOCC2=O)c(F)c1)c1ccc(Cl)s1. The molecule has 3 N–H and O–H groups in total. The zero-order valence-corrected chi connectivity index (χ0v) is 16.4. The van der Waals surface area contributed by atoms with Crippen LogP contribution in [0.1, 0.15) is 9.67 Å². The zero-order chi connectivity index (χ0) is 20.1. The second-order valence-electron chi connectivity index (χ2n) is 6.11. The van der Waals surface area contributed by atoms with Gasteiger partial charge in [0.05, 0.1) is 27.6 Å². The summed E-state index contributed by atoms with van der Waals surface area (Å²) in [7, 11) is 0. The van der Waals surface area contributed by atoms with Crippen LogP contribution in [-0.4, -0.2) is 55.9 Å². The van der Waals surface area contributed by atoms with Crippen LogP contribution in [0.2, 0.25) is 4.34 Å². The van der Waals surface area contributed by atoms with Gasteiger partial charge in [-0.3, -0.25) is 9.59 Å². The lowest BCUT2D eigenvalue weighted by Gasteiger charge is -2.27. The summed E-state index contributed by atoms with van der Waals surface area (Å²) in [6.07, 6.45) is -0.872. The van der Waals surface area contributed by atoms with Gasteiger partial charge in [0.1, 0.15) is 12.4 Å². The van der Waals surface area contributed by atoms with Gasteiger partial charge in [0.15, 0.2) is 0 Å². The molecule has 1 aromatic carbocycles. The van der Waals surface area contributed by atoms with E-state index in [1.165, 1.54) is 17.0 Å². The molecule has 1 aliphatic heterocycles. The summed E-state index contributed by atoms with van der Waals surface area (Å²) < 4.78 is 19.9. The predicted octanol–water partition coefficient (Wildman–Crippen LogP) is 2.11. The van der Waals surface area contributed by atoms with E-state index < -0.39 is 11.9 Å². The first-order valence-electron chi connectivity index (χ1n) is 8.57. The number of benzene rings is 1. The summed E-state index contributed by atoms with van der Waals surface area (Å²) in [6, 6.07) is 7.63. The molecule has 150 valence electrons. The van der Waals surface area contributed by atoms with Crippen molar-refractivity contribution in [2.45, 2.75) is 6.10 Å². The Morgan fingerprint density at radius 1 is 1.36 bits per heavy atom. The Bertz CT molecular complexity index is 863. The van der Waals surface area contributed by atoms with Crippen molar-refractivity contribution in [1.82, 2.24) is 5.32 Å². The van der Waals surface area contributed by atoms with Crippen molar-refractivity contribution >= 4 is 46.1 Å². The first kappa shape index (κ1) is 20.5. The third-order valence-corrected chi connectivity index (χ3v) is 5.29. The summed E-state index contributed by atoms with van der Waals surface area (Å²) >= 11 is 6.94. The number of morpholine rings is 1. The summed E-state index contributed by atoms with van der Waals surface area (Å²) in [4.78, 5) is 25.5. The Kier molecular flexibility index (Phi) is 6.84. The molecular formula is C18H19ClFN3O4S. The number of halogens is 2. The maximum Gasteiger partial charge on any atom is 0.261 e. The van der Waals surface area contributed by atoms with E-state index in [4.69, 9.17) is 16.3 Å². The minimum absolute atomic E-state index is 0.0319. The highest BCUT2D eigenvalue weighted by Crippen LogP contribution is 2.24. The fourth-order valence-corrected chi connectivity index (χ4v) is 3.61. The number of nitrogens with zero attached hydrogens (tertiary/aromatic N) is 1. The van der Waals surface area contributed by atoms with E-state index in [0.717, 1.165) is 11.3 Å². The minimum Gasteiger partial charge on any atom is -0.389 e. The highest BCUT2D eigenvalue weighted by Gasteiger charge is 2.23. The van der Waals surface area contributed by atoms with Gasteiger partial charge in [-0.1, -0.05) is 11.6 Å². The standard InChI is InChI=1S/C18H19ClFN3O4S/c19-16-4-3-15(28-16)18(26)22-9-12(24)8-21-11-1-2-14(13(20)7-11)23-5-6-27-10-17(23)25/h1-4,7,12,21,24H,5-6,8-10H2,(H,22,26). The van der Waals surface area contributed by atoms with Crippen LogP contribution in [0, 0.1) is 5.82 Å². The number of ether oxygens (including phenoxy) is 1. The molecule has 0 spiro atoms. The molecule has 10 heteroatoms. The van der Waals surface area contributed by atoms with Crippen molar-refractivity contribution in [3.05, 3.63) is 45.4 Å². The molecule has 28 heavy (non-hydrogen) atoms. The van der Waals surface area contributed by atoms with E-state index in [1.54, 1.807) is 18.2 Å². The molecule has 2 heterocycles. The van der Waals surface area contributed by atoms with E-state index in [2.05, 4.69) is 10.6 Å². The lowest BCUT2D eigenvalue weighted by atomic mass is 10.2. The van der Waals surface area contributed by atoms with Gasteiger partial charge in [-0.2, -0.15) is 0 Å². The van der Waals surface area contributed by atoms with Gasteiger partial charge in [-0.15, -0.1) is 11.3 Å². The normalized spacial score (nSPS) is 15.4. The Balaban J connectivity index is 1.49. The summed E-state index contributed by atoms with van der Waals surface area (Å²) in [5.74, 6) is -1.15. The predicted molar refractivity (Wildman–Crippen MR) is 106 cm³/mol. The molecular weight excluding hydrogens is 409 g/mol. The lowest BCUT2D eigenvalue weighted by Crippen LogP contribution is -2.42. The van der Waals surface area contributed by atoms with Crippen molar-refractivity contribution in [2.75, 3.05) is 43.1 Å². The molecule has 3 rings (SSSR count). The average molecular weight is 428 g/mol. The molecule has 0 bridgehead atoms. The van der Waals surface area contributed by atoms with Crippen molar-refractivity contribution in [3.8, 4) is 0 Å². The highest BCUT2D eigenvalue weighted by atomic mass is 35.5. The number of aliphatic hydroxyl groups is 1. The number of rotatable bonds is 7. The number of hydrogen-bond acceptors (Lipinski definition) is 6. The third kappa shape index (κ3) is 5.20. The fraction of sp³-hybridized carbons (Fsp3) is 0.333. The Morgan fingerprint density at radius 2 is 2.18 bits per heavy atom. The van der Waals surface area contributed by atoms with Crippen molar-refractivity contribution < 1.29 is 23.8 Å². The number of amides is 2. The number of carbonyl (C=O) groups excluding carboxylic acids is 2. The van der Waals surface area contributed by atoms with E-state index in [9.17, 15) is 19.1 Å². The molecule has 0 aliphatic carbocycles. The number of aliphatic hydroxyl groups excluding tert-OH is 1. The molecule has 1 atom stereocenters. The molecule has 1 aromatic heterocycles. The quantitative estimate of drug-likeness (QED) is 0.629. The summed E-state index contributed by atoms with van der Waals surface area (Å²) in [5.41, 5.74) is 0.652. The zero-order valence-electron chi connectivity index (χ0n) is 14.8. The molecule has 7 nitrogen and oxygen atoms in total. The van der Waals surface area contributed by atoms with Crippen LogP contribution in [0.5, 0.6) is 0 Å². The molecule has 2 aromatic rings. The molecule has 1 aliphatic rings. The Morgan fingerprint density at radius 3 is 2.86 bits per heavy atom. The first-order valence-corrected chi connectivity index (χ1v) is 9.76. The lowest BCUT2D eigenvalue weighted by molar-refractivity contribution is -0.125. The second-order valence-corrected chi connectivity index (χ2v) is 7.83. The van der Waals surface area contributed by atoms with Crippen LogP contribution in [0.3, 0.4) is 0 Å². The van der Waals surface area contributed by atoms with Crippen molar-refractivity contribution in [3.63, 3.8) is 0 Å².